The topological polar surface area (TPSA) is 50.4 Å². The van der Waals surface area contributed by atoms with Gasteiger partial charge in [-0.25, -0.2) is 4.39 Å². The smallest absolute Gasteiger partial charge is 0.262 e. The molecule has 0 fully saturated rings. The normalized spacial score (nSPS) is 13.1. The molecule has 0 radical (unpaired) electrons. The molecular formula is C15H12ClFN2O2. The summed E-state index contributed by atoms with van der Waals surface area (Å²) in [4.78, 5) is 11.3. The van der Waals surface area contributed by atoms with Gasteiger partial charge in [-0.2, -0.15) is 0 Å². The Bertz CT molecular complexity index is 706. The molecule has 0 atom stereocenters. The second-order valence-electron chi connectivity index (χ2n) is 4.62. The minimum atomic E-state index is -0.478. The van der Waals surface area contributed by atoms with E-state index in [0.717, 1.165) is 5.56 Å². The zero-order valence-corrected chi connectivity index (χ0v) is 11.7. The summed E-state index contributed by atoms with van der Waals surface area (Å²) in [6.45, 7) is 0.429. The molecule has 4 nitrogen and oxygen atoms in total. The minimum Gasteiger partial charge on any atom is -0.482 e. The molecule has 2 aromatic carbocycles. The first-order valence-corrected chi connectivity index (χ1v) is 6.75. The van der Waals surface area contributed by atoms with Crippen molar-refractivity contribution in [3.05, 3.63) is 52.8 Å². The fourth-order valence-corrected chi connectivity index (χ4v) is 2.25. The number of hydrogen-bond acceptors (Lipinski definition) is 3. The van der Waals surface area contributed by atoms with Crippen molar-refractivity contribution < 1.29 is 13.9 Å². The lowest BCUT2D eigenvalue weighted by atomic mass is 10.1. The van der Waals surface area contributed by atoms with Crippen LogP contribution in [0.25, 0.3) is 0 Å². The summed E-state index contributed by atoms with van der Waals surface area (Å²) >= 11 is 5.73. The maximum Gasteiger partial charge on any atom is 0.262 e. The van der Waals surface area contributed by atoms with Crippen molar-refractivity contribution in [2.75, 3.05) is 17.2 Å². The number of anilines is 2. The van der Waals surface area contributed by atoms with Gasteiger partial charge in [-0.05, 0) is 29.8 Å². The fourth-order valence-electron chi connectivity index (χ4n) is 2.08. The van der Waals surface area contributed by atoms with Gasteiger partial charge in [0, 0.05) is 6.54 Å². The Morgan fingerprint density at radius 2 is 2.19 bits per heavy atom. The van der Waals surface area contributed by atoms with Gasteiger partial charge in [0.2, 0.25) is 0 Å². The van der Waals surface area contributed by atoms with Crippen LogP contribution in [0.3, 0.4) is 0 Å². The van der Waals surface area contributed by atoms with Crippen molar-refractivity contribution >= 4 is 28.9 Å². The Morgan fingerprint density at radius 3 is 3.05 bits per heavy atom. The van der Waals surface area contributed by atoms with Crippen LogP contribution in [0.5, 0.6) is 5.75 Å². The van der Waals surface area contributed by atoms with E-state index < -0.39 is 5.82 Å². The van der Waals surface area contributed by atoms with Crippen LogP contribution < -0.4 is 15.4 Å². The SMILES string of the molecule is O=C1COc2ccc(CNc3cccc(Cl)c3F)cc2N1. The molecule has 1 heterocycles. The Labute approximate surface area is 125 Å². The molecule has 0 aromatic heterocycles. The number of benzene rings is 2. The quantitative estimate of drug-likeness (QED) is 0.913. The zero-order chi connectivity index (χ0) is 14.8. The Morgan fingerprint density at radius 1 is 1.33 bits per heavy atom. The van der Waals surface area contributed by atoms with E-state index in [-0.39, 0.29) is 17.5 Å². The highest BCUT2D eigenvalue weighted by Crippen LogP contribution is 2.29. The molecule has 2 aromatic rings. The fraction of sp³-hybridized carbons (Fsp3) is 0.133. The van der Waals surface area contributed by atoms with Gasteiger partial charge in [-0.1, -0.05) is 23.7 Å². The maximum atomic E-state index is 13.8. The van der Waals surface area contributed by atoms with Crippen LogP contribution in [-0.4, -0.2) is 12.5 Å². The molecule has 2 N–H and O–H groups in total. The van der Waals surface area contributed by atoms with Gasteiger partial charge < -0.3 is 15.4 Å². The van der Waals surface area contributed by atoms with E-state index in [0.29, 0.717) is 23.7 Å². The summed E-state index contributed by atoms with van der Waals surface area (Å²) in [6, 6.07) is 10.2. The molecule has 0 unspecified atom stereocenters. The summed E-state index contributed by atoms with van der Waals surface area (Å²) in [5.41, 5.74) is 1.84. The molecule has 0 bridgehead atoms. The highest BCUT2D eigenvalue weighted by molar-refractivity contribution is 6.31. The molecule has 1 amide bonds. The second-order valence-corrected chi connectivity index (χ2v) is 5.03. The summed E-state index contributed by atoms with van der Waals surface area (Å²) in [5.74, 6) is -0.0328. The summed E-state index contributed by atoms with van der Waals surface area (Å²) in [7, 11) is 0. The number of amides is 1. The lowest BCUT2D eigenvalue weighted by molar-refractivity contribution is -0.118. The van der Waals surface area contributed by atoms with Crippen LogP contribution >= 0.6 is 11.6 Å². The average molecular weight is 307 g/mol. The predicted molar refractivity (Wildman–Crippen MR) is 79.3 cm³/mol. The van der Waals surface area contributed by atoms with Crippen molar-refractivity contribution in [2.24, 2.45) is 0 Å². The molecule has 0 aliphatic carbocycles. The van der Waals surface area contributed by atoms with Gasteiger partial charge in [0.05, 0.1) is 16.4 Å². The first-order valence-electron chi connectivity index (χ1n) is 6.37. The highest BCUT2D eigenvalue weighted by Gasteiger charge is 2.15. The van der Waals surface area contributed by atoms with E-state index in [9.17, 15) is 9.18 Å². The number of ether oxygens (including phenoxy) is 1. The summed E-state index contributed by atoms with van der Waals surface area (Å²) < 4.78 is 19.0. The van der Waals surface area contributed by atoms with E-state index in [1.165, 1.54) is 6.07 Å². The Hall–Kier alpha value is -2.27. The lowest BCUT2D eigenvalue weighted by Crippen LogP contribution is -2.25. The third-order valence-electron chi connectivity index (χ3n) is 3.11. The van der Waals surface area contributed by atoms with Crippen LogP contribution in [0.2, 0.25) is 5.02 Å². The van der Waals surface area contributed by atoms with Gasteiger partial charge in [0.25, 0.3) is 5.91 Å². The van der Waals surface area contributed by atoms with Crippen molar-refractivity contribution in [1.82, 2.24) is 0 Å². The molecule has 0 saturated carbocycles. The summed E-state index contributed by atoms with van der Waals surface area (Å²) in [6.07, 6.45) is 0. The number of fused-ring (bicyclic) bond motifs is 1. The second kappa shape index (κ2) is 5.61. The van der Waals surface area contributed by atoms with Crippen LogP contribution in [-0.2, 0) is 11.3 Å². The van der Waals surface area contributed by atoms with Crippen LogP contribution in [0.15, 0.2) is 36.4 Å². The maximum absolute atomic E-state index is 13.8. The standard InChI is InChI=1S/C15H12ClFN2O2/c16-10-2-1-3-11(15(10)17)18-7-9-4-5-13-12(6-9)19-14(20)8-21-13/h1-6,18H,7-8H2,(H,19,20). The first-order chi connectivity index (χ1) is 10.1. The van der Waals surface area contributed by atoms with Crippen molar-refractivity contribution in [3.63, 3.8) is 0 Å². The van der Waals surface area contributed by atoms with Crippen LogP contribution in [0.1, 0.15) is 5.56 Å². The Balaban J connectivity index is 1.75. The minimum absolute atomic E-state index is 0.0261. The van der Waals surface area contributed by atoms with E-state index in [2.05, 4.69) is 10.6 Å². The number of carbonyl (C=O) groups is 1. The van der Waals surface area contributed by atoms with E-state index in [1.807, 2.05) is 6.07 Å². The van der Waals surface area contributed by atoms with Gasteiger partial charge in [0.15, 0.2) is 12.4 Å². The molecular weight excluding hydrogens is 295 g/mol. The summed E-state index contributed by atoms with van der Waals surface area (Å²) in [5, 5.41) is 5.78. The first kappa shape index (κ1) is 13.7. The van der Waals surface area contributed by atoms with Gasteiger partial charge in [-0.15, -0.1) is 0 Å². The molecule has 0 spiro atoms. The number of carbonyl (C=O) groups excluding carboxylic acids is 1. The van der Waals surface area contributed by atoms with Crippen molar-refractivity contribution in [3.8, 4) is 5.75 Å². The molecule has 6 heteroatoms. The molecule has 108 valence electrons. The highest BCUT2D eigenvalue weighted by atomic mass is 35.5. The predicted octanol–water partition coefficient (Wildman–Crippen LogP) is 3.42. The van der Waals surface area contributed by atoms with Crippen LogP contribution in [0, 0.1) is 5.82 Å². The number of halogens is 2. The zero-order valence-electron chi connectivity index (χ0n) is 11.0. The van der Waals surface area contributed by atoms with Gasteiger partial charge in [0.1, 0.15) is 5.75 Å². The van der Waals surface area contributed by atoms with Crippen molar-refractivity contribution in [1.29, 1.82) is 0 Å². The monoisotopic (exact) mass is 306 g/mol. The van der Waals surface area contributed by atoms with Gasteiger partial charge >= 0.3 is 0 Å². The average Bonchev–Trinajstić information content (AvgIpc) is 2.48. The molecule has 1 aliphatic heterocycles. The molecule has 21 heavy (non-hydrogen) atoms. The third kappa shape index (κ3) is 2.92. The molecule has 3 rings (SSSR count). The van der Waals surface area contributed by atoms with Crippen LogP contribution in [0.4, 0.5) is 15.8 Å². The lowest BCUT2D eigenvalue weighted by Gasteiger charge is -2.18. The number of hydrogen-bond donors (Lipinski definition) is 2. The van der Waals surface area contributed by atoms with E-state index >= 15 is 0 Å². The number of rotatable bonds is 3. The third-order valence-corrected chi connectivity index (χ3v) is 3.40. The Kier molecular flexibility index (Phi) is 3.66. The van der Waals surface area contributed by atoms with E-state index in [4.69, 9.17) is 16.3 Å². The van der Waals surface area contributed by atoms with Gasteiger partial charge in [-0.3, -0.25) is 4.79 Å². The molecule has 0 saturated heterocycles. The number of nitrogens with one attached hydrogen (secondary N) is 2. The largest absolute Gasteiger partial charge is 0.482 e. The van der Waals surface area contributed by atoms with E-state index in [1.54, 1.807) is 24.3 Å². The molecule has 1 aliphatic rings. The van der Waals surface area contributed by atoms with Crippen molar-refractivity contribution in [2.45, 2.75) is 6.54 Å².